The van der Waals surface area contributed by atoms with Gasteiger partial charge < -0.3 is 15.5 Å². The number of phenolic OH excluding ortho intramolecular Hbond substituents is 1. The average molecular weight is 271 g/mol. The Morgan fingerprint density at radius 2 is 1.70 bits per heavy atom. The van der Waals surface area contributed by atoms with Crippen LogP contribution in [0.1, 0.15) is 26.3 Å². The van der Waals surface area contributed by atoms with E-state index in [0.717, 1.165) is 5.56 Å². The molecule has 2 aromatic carbocycles. The van der Waals surface area contributed by atoms with Crippen molar-refractivity contribution in [2.75, 3.05) is 5.32 Å². The fourth-order valence-electron chi connectivity index (χ4n) is 1.75. The zero-order valence-corrected chi connectivity index (χ0v) is 10.8. The molecular formula is C15H13NO4. The molecule has 0 spiro atoms. The van der Waals surface area contributed by atoms with E-state index in [1.54, 1.807) is 19.1 Å². The summed E-state index contributed by atoms with van der Waals surface area (Å²) in [6.07, 6.45) is 0. The standard InChI is InChI=1S/C15H13NO4/c1-9-2-7-13(12(8-9)15(19)20)16-14(18)10-3-5-11(17)6-4-10/h2-8,17H,1H3,(H,16,18)(H,19,20). The number of phenols is 1. The maximum atomic E-state index is 12.0. The number of anilines is 1. The summed E-state index contributed by atoms with van der Waals surface area (Å²) < 4.78 is 0. The van der Waals surface area contributed by atoms with Crippen LogP contribution < -0.4 is 5.32 Å². The largest absolute Gasteiger partial charge is 0.508 e. The van der Waals surface area contributed by atoms with Crippen molar-refractivity contribution >= 4 is 17.6 Å². The van der Waals surface area contributed by atoms with Crippen molar-refractivity contribution in [3.63, 3.8) is 0 Å². The molecule has 0 aliphatic heterocycles. The fourth-order valence-corrected chi connectivity index (χ4v) is 1.75. The van der Waals surface area contributed by atoms with Crippen LogP contribution in [0, 0.1) is 6.92 Å². The van der Waals surface area contributed by atoms with Crippen LogP contribution in [-0.4, -0.2) is 22.1 Å². The molecule has 0 aromatic heterocycles. The summed E-state index contributed by atoms with van der Waals surface area (Å²) in [7, 11) is 0. The Balaban J connectivity index is 2.28. The molecule has 0 atom stereocenters. The number of carboxylic acids is 1. The van der Waals surface area contributed by atoms with E-state index in [2.05, 4.69) is 5.32 Å². The number of carbonyl (C=O) groups is 2. The van der Waals surface area contributed by atoms with Gasteiger partial charge in [-0.2, -0.15) is 0 Å². The molecule has 5 heteroatoms. The molecule has 0 aliphatic carbocycles. The first-order chi connectivity index (χ1) is 9.47. The predicted molar refractivity (Wildman–Crippen MR) is 74.2 cm³/mol. The van der Waals surface area contributed by atoms with Crippen LogP contribution in [0.3, 0.4) is 0 Å². The SMILES string of the molecule is Cc1ccc(NC(=O)c2ccc(O)cc2)c(C(=O)O)c1. The number of hydrogen-bond acceptors (Lipinski definition) is 3. The second-order valence-electron chi connectivity index (χ2n) is 4.36. The van der Waals surface area contributed by atoms with E-state index in [9.17, 15) is 9.59 Å². The summed E-state index contributed by atoms with van der Waals surface area (Å²) in [6, 6.07) is 10.5. The van der Waals surface area contributed by atoms with E-state index in [0.29, 0.717) is 5.56 Å². The first kappa shape index (κ1) is 13.6. The van der Waals surface area contributed by atoms with E-state index in [-0.39, 0.29) is 17.0 Å². The molecule has 5 nitrogen and oxygen atoms in total. The van der Waals surface area contributed by atoms with E-state index >= 15 is 0 Å². The van der Waals surface area contributed by atoms with Crippen LogP contribution in [0.4, 0.5) is 5.69 Å². The maximum Gasteiger partial charge on any atom is 0.337 e. The van der Waals surface area contributed by atoms with Gasteiger partial charge in [-0.05, 0) is 43.3 Å². The average Bonchev–Trinajstić information content (AvgIpc) is 2.41. The van der Waals surface area contributed by atoms with Gasteiger partial charge in [0.25, 0.3) is 5.91 Å². The van der Waals surface area contributed by atoms with Gasteiger partial charge in [-0.1, -0.05) is 11.6 Å². The summed E-state index contributed by atoms with van der Waals surface area (Å²) in [5.41, 5.74) is 1.41. The Kier molecular flexibility index (Phi) is 3.70. The zero-order chi connectivity index (χ0) is 14.7. The van der Waals surface area contributed by atoms with Gasteiger partial charge in [-0.3, -0.25) is 4.79 Å². The molecule has 0 heterocycles. The highest BCUT2D eigenvalue weighted by Crippen LogP contribution is 2.19. The molecule has 1 amide bonds. The van der Waals surface area contributed by atoms with Crippen molar-refractivity contribution in [3.05, 3.63) is 59.2 Å². The number of rotatable bonds is 3. The third-order valence-corrected chi connectivity index (χ3v) is 2.78. The third kappa shape index (κ3) is 2.95. The second kappa shape index (κ2) is 5.44. The lowest BCUT2D eigenvalue weighted by molar-refractivity contribution is 0.0698. The Morgan fingerprint density at radius 3 is 2.30 bits per heavy atom. The summed E-state index contributed by atoms with van der Waals surface area (Å²) in [5.74, 6) is -1.48. The number of hydrogen-bond donors (Lipinski definition) is 3. The van der Waals surface area contributed by atoms with Gasteiger partial charge in [0.2, 0.25) is 0 Å². The highest BCUT2D eigenvalue weighted by molar-refractivity contribution is 6.07. The number of aryl methyl sites for hydroxylation is 1. The van der Waals surface area contributed by atoms with Gasteiger partial charge >= 0.3 is 5.97 Å². The molecule has 0 unspecified atom stereocenters. The molecule has 20 heavy (non-hydrogen) atoms. The monoisotopic (exact) mass is 271 g/mol. The highest BCUT2D eigenvalue weighted by atomic mass is 16.4. The van der Waals surface area contributed by atoms with Crippen LogP contribution in [0.5, 0.6) is 5.75 Å². The Hall–Kier alpha value is -2.82. The number of carboxylic acid groups (broad SMARTS) is 1. The van der Waals surface area contributed by atoms with Gasteiger partial charge in [-0.25, -0.2) is 4.79 Å². The lowest BCUT2D eigenvalue weighted by Crippen LogP contribution is -2.14. The summed E-state index contributed by atoms with van der Waals surface area (Å²) in [6.45, 7) is 1.78. The lowest BCUT2D eigenvalue weighted by Gasteiger charge is -2.09. The van der Waals surface area contributed by atoms with E-state index in [1.807, 2.05) is 0 Å². The van der Waals surface area contributed by atoms with Crippen LogP contribution >= 0.6 is 0 Å². The number of carbonyl (C=O) groups excluding carboxylic acids is 1. The number of nitrogens with one attached hydrogen (secondary N) is 1. The first-order valence-corrected chi connectivity index (χ1v) is 5.91. The minimum Gasteiger partial charge on any atom is -0.508 e. The Morgan fingerprint density at radius 1 is 1.05 bits per heavy atom. The molecule has 3 N–H and O–H groups in total. The smallest absolute Gasteiger partial charge is 0.337 e. The summed E-state index contributed by atoms with van der Waals surface area (Å²) in [5, 5.41) is 20.8. The van der Waals surface area contributed by atoms with Crippen molar-refractivity contribution in [1.82, 2.24) is 0 Å². The molecule has 2 aromatic rings. The van der Waals surface area contributed by atoms with Crippen molar-refractivity contribution in [2.45, 2.75) is 6.92 Å². The van der Waals surface area contributed by atoms with E-state index in [1.165, 1.54) is 30.3 Å². The summed E-state index contributed by atoms with van der Waals surface area (Å²) in [4.78, 5) is 23.2. The topological polar surface area (TPSA) is 86.6 Å². The van der Waals surface area contributed by atoms with Gasteiger partial charge in [-0.15, -0.1) is 0 Å². The lowest BCUT2D eigenvalue weighted by atomic mass is 10.1. The molecule has 2 rings (SSSR count). The quantitative estimate of drug-likeness (QED) is 0.801. The molecule has 0 saturated carbocycles. The van der Waals surface area contributed by atoms with Crippen molar-refractivity contribution in [2.24, 2.45) is 0 Å². The predicted octanol–water partition coefficient (Wildman–Crippen LogP) is 2.65. The highest BCUT2D eigenvalue weighted by Gasteiger charge is 2.13. The van der Waals surface area contributed by atoms with E-state index < -0.39 is 11.9 Å². The number of aromatic carboxylic acids is 1. The van der Waals surface area contributed by atoms with Crippen molar-refractivity contribution in [1.29, 1.82) is 0 Å². The zero-order valence-electron chi connectivity index (χ0n) is 10.8. The Labute approximate surface area is 115 Å². The first-order valence-electron chi connectivity index (χ1n) is 5.91. The van der Waals surface area contributed by atoms with Crippen molar-refractivity contribution in [3.8, 4) is 5.75 Å². The number of benzene rings is 2. The normalized spacial score (nSPS) is 10.1. The van der Waals surface area contributed by atoms with Crippen LogP contribution in [0.2, 0.25) is 0 Å². The third-order valence-electron chi connectivity index (χ3n) is 2.78. The van der Waals surface area contributed by atoms with Gasteiger partial charge in [0.1, 0.15) is 5.75 Å². The van der Waals surface area contributed by atoms with Crippen LogP contribution in [-0.2, 0) is 0 Å². The van der Waals surface area contributed by atoms with Crippen molar-refractivity contribution < 1.29 is 19.8 Å². The number of amides is 1. The maximum absolute atomic E-state index is 12.0. The van der Waals surface area contributed by atoms with Crippen LogP contribution in [0.15, 0.2) is 42.5 Å². The molecule has 0 saturated heterocycles. The van der Waals surface area contributed by atoms with Gasteiger partial charge in [0.15, 0.2) is 0 Å². The van der Waals surface area contributed by atoms with Gasteiger partial charge in [0, 0.05) is 5.56 Å². The molecule has 0 radical (unpaired) electrons. The van der Waals surface area contributed by atoms with Crippen LogP contribution in [0.25, 0.3) is 0 Å². The molecule has 0 aliphatic rings. The molecule has 0 fully saturated rings. The Bertz CT molecular complexity index is 662. The molecular weight excluding hydrogens is 258 g/mol. The minimum absolute atomic E-state index is 0.0390. The summed E-state index contributed by atoms with van der Waals surface area (Å²) >= 11 is 0. The number of aromatic hydroxyl groups is 1. The second-order valence-corrected chi connectivity index (χ2v) is 4.36. The minimum atomic E-state index is -1.10. The van der Waals surface area contributed by atoms with Gasteiger partial charge in [0.05, 0.1) is 11.3 Å². The molecule has 102 valence electrons. The molecule has 0 bridgehead atoms. The fraction of sp³-hybridized carbons (Fsp3) is 0.0667. The van der Waals surface area contributed by atoms with E-state index in [4.69, 9.17) is 10.2 Å².